The molecule has 4 heteroatoms. The molecular formula is C14H23N3O. The topological polar surface area (TPSA) is 44.4 Å². The molecule has 2 amide bonds. The summed E-state index contributed by atoms with van der Waals surface area (Å²) in [7, 11) is 3.47. The predicted octanol–water partition coefficient (Wildman–Crippen LogP) is 1.61. The van der Waals surface area contributed by atoms with E-state index in [0.29, 0.717) is 6.54 Å². The Labute approximate surface area is 109 Å². The van der Waals surface area contributed by atoms with Crippen molar-refractivity contribution in [1.29, 1.82) is 0 Å². The number of urea groups is 1. The zero-order valence-electron chi connectivity index (χ0n) is 11.5. The Bertz CT molecular complexity index is 360. The van der Waals surface area contributed by atoms with Crippen molar-refractivity contribution >= 4 is 6.03 Å². The fourth-order valence-corrected chi connectivity index (χ4v) is 1.54. The number of rotatable bonds is 6. The van der Waals surface area contributed by atoms with Gasteiger partial charge in [0, 0.05) is 33.7 Å². The third-order valence-corrected chi connectivity index (χ3v) is 2.74. The lowest BCUT2D eigenvalue weighted by molar-refractivity contribution is 0.217. The molecule has 0 aliphatic rings. The molecule has 0 unspecified atom stereocenters. The third-order valence-electron chi connectivity index (χ3n) is 2.74. The van der Waals surface area contributed by atoms with Crippen molar-refractivity contribution in [3.05, 3.63) is 35.4 Å². The first-order valence-electron chi connectivity index (χ1n) is 6.37. The van der Waals surface area contributed by atoms with Gasteiger partial charge in [-0.25, -0.2) is 4.79 Å². The summed E-state index contributed by atoms with van der Waals surface area (Å²) in [4.78, 5) is 12.8. The van der Waals surface area contributed by atoms with Gasteiger partial charge in [-0.2, -0.15) is 0 Å². The van der Waals surface area contributed by atoms with Gasteiger partial charge in [0.25, 0.3) is 0 Å². The van der Waals surface area contributed by atoms with Crippen molar-refractivity contribution in [3.8, 4) is 0 Å². The predicted molar refractivity (Wildman–Crippen MR) is 74.6 cm³/mol. The van der Waals surface area contributed by atoms with E-state index in [-0.39, 0.29) is 6.03 Å². The molecule has 0 fully saturated rings. The first-order chi connectivity index (χ1) is 8.63. The maximum absolute atomic E-state index is 11.2. The molecule has 0 aliphatic carbocycles. The van der Waals surface area contributed by atoms with Gasteiger partial charge in [-0.3, -0.25) is 0 Å². The lowest BCUT2D eigenvalue weighted by Gasteiger charge is -2.12. The van der Waals surface area contributed by atoms with Gasteiger partial charge in [0.15, 0.2) is 0 Å². The summed E-state index contributed by atoms with van der Waals surface area (Å²) in [5.41, 5.74) is 2.63. The second-order valence-electron chi connectivity index (χ2n) is 4.47. The quantitative estimate of drug-likeness (QED) is 0.752. The molecule has 4 nitrogen and oxygen atoms in total. The van der Waals surface area contributed by atoms with Gasteiger partial charge in [0.2, 0.25) is 0 Å². The first kappa shape index (κ1) is 14.5. The van der Waals surface area contributed by atoms with Crippen LogP contribution < -0.4 is 10.6 Å². The second-order valence-corrected chi connectivity index (χ2v) is 4.47. The van der Waals surface area contributed by atoms with E-state index in [1.54, 1.807) is 14.1 Å². The minimum Gasteiger partial charge on any atom is -0.337 e. The van der Waals surface area contributed by atoms with Crippen LogP contribution in [0.25, 0.3) is 0 Å². The number of aryl methyl sites for hydroxylation is 1. The molecular weight excluding hydrogens is 226 g/mol. The number of nitrogens with zero attached hydrogens (tertiary/aromatic N) is 1. The number of nitrogens with one attached hydrogen (secondary N) is 2. The normalized spacial score (nSPS) is 10.2. The van der Waals surface area contributed by atoms with Crippen molar-refractivity contribution in [2.75, 3.05) is 27.2 Å². The van der Waals surface area contributed by atoms with Crippen LogP contribution in [0.1, 0.15) is 18.1 Å². The van der Waals surface area contributed by atoms with Gasteiger partial charge in [-0.05, 0) is 17.5 Å². The third kappa shape index (κ3) is 5.19. The van der Waals surface area contributed by atoms with E-state index < -0.39 is 0 Å². The highest BCUT2D eigenvalue weighted by molar-refractivity contribution is 5.73. The van der Waals surface area contributed by atoms with Gasteiger partial charge in [0.1, 0.15) is 0 Å². The molecule has 0 saturated heterocycles. The highest BCUT2D eigenvalue weighted by atomic mass is 16.2. The van der Waals surface area contributed by atoms with Gasteiger partial charge < -0.3 is 15.5 Å². The molecule has 100 valence electrons. The summed E-state index contributed by atoms with van der Waals surface area (Å²) in [6, 6.07) is 8.55. The van der Waals surface area contributed by atoms with Crippen LogP contribution in [0.15, 0.2) is 24.3 Å². The van der Waals surface area contributed by atoms with Crippen LogP contribution in [0, 0.1) is 0 Å². The van der Waals surface area contributed by atoms with Gasteiger partial charge in [0.05, 0.1) is 0 Å². The minimum atomic E-state index is -0.0518. The number of carbonyl (C=O) groups excluding carboxylic acids is 1. The van der Waals surface area contributed by atoms with Crippen molar-refractivity contribution in [2.45, 2.75) is 19.9 Å². The molecule has 0 saturated carbocycles. The molecule has 1 rings (SSSR count). The molecule has 1 aromatic rings. The second kappa shape index (κ2) is 7.71. The minimum absolute atomic E-state index is 0.0518. The van der Waals surface area contributed by atoms with Crippen LogP contribution in [-0.4, -0.2) is 38.1 Å². The summed E-state index contributed by atoms with van der Waals surface area (Å²) in [6.45, 7) is 4.40. The molecule has 2 N–H and O–H groups in total. The number of amides is 2. The number of hydrogen-bond donors (Lipinski definition) is 2. The average molecular weight is 249 g/mol. The van der Waals surface area contributed by atoms with Crippen LogP contribution in [0.5, 0.6) is 0 Å². The van der Waals surface area contributed by atoms with E-state index in [9.17, 15) is 4.79 Å². The fourth-order valence-electron chi connectivity index (χ4n) is 1.54. The van der Waals surface area contributed by atoms with Crippen LogP contribution >= 0.6 is 0 Å². The molecule has 0 radical (unpaired) electrons. The monoisotopic (exact) mass is 249 g/mol. The van der Waals surface area contributed by atoms with Crippen molar-refractivity contribution in [3.63, 3.8) is 0 Å². The first-order valence-corrected chi connectivity index (χ1v) is 6.37. The van der Waals surface area contributed by atoms with E-state index in [4.69, 9.17) is 0 Å². The van der Waals surface area contributed by atoms with E-state index in [1.165, 1.54) is 16.0 Å². The molecule has 0 heterocycles. The Morgan fingerprint density at radius 3 is 2.28 bits per heavy atom. The molecule has 0 aromatic heterocycles. The Morgan fingerprint density at radius 1 is 1.11 bits per heavy atom. The van der Waals surface area contributed by atoms with Crippen LogP contribution in [0.4, 0.5) is 4.79 Å². The summed E-state index contributed by atoms with van der Waals surface area (Å²) < 4.78 is 0. The van der Waals surface area contributed by atoms with E-state index in [1.807, 2.05) is 0 Å². The molecule has 0 atom stereocenters. The summed E-state index contributed by atoms with van der Waals surface area (Å²) in [6.07, 6.45) is 1.07. The standard InChI is InChI=1S/C14H23N3O/c1-4-12-5-7-13(8-6-12)11-15-9-10-16-14(18)17(2)3/h5-8,15H,4,9-11H2,1-3H3,(H,16,18). The van der Waals surface area contributed by atoms with E-state index in [2.05, 4.69) is 41.8 Å². The zero-order valence-corrected chi connectivity index (χ0v) is 11.5. The van der Waals surface area contributed by atoms with Gasteiger partial charge >= 0.3 is 6.03 Å². The number of carbonyl (C=O) groups is 1. The smallest absolute Gasteiger partial charge is 0.316 e. The highest BCUT2D eigenvalue weighted by Gasteiger charge is 2.00. The zero-order chi connectivity index (χ0) is 13.4. The Kier molecular flexibility index (Phi) is 6.22. The summed E-state index contributed by atoms with van der Waals surface area (Å²) in [5.74, 6) is 0. The molecule has 1 aromatic carbocycles. The Morgan fingerprint density at radius 2 is 1.72 bits per heavy atom. The summed E-state index contributed by atoms with van der Waals surface area (Å²) in [5, 5.41) is 6.11. The van der Waals surface area contributed by atoms with Crippen molar-refractivity contribution in [1.82, 2.24) is 15.5 Å². The average Bonchev–Trinajstić information content (AvgIpc) is 2.38. The lowest BCUT2D eigenvalue weighted by Crippen LogP contribution is -2.38. The lowest BCUT2D eigenvalue weighted by atomic mass is 10.1. The SMILES string of the molecule is CCc1ccc(CNCCNC(=O)N(C)C)cc1. The maximum Gasteiger partial charge on any atom is 0.316 e. The Hall–Kier alpha value is -1.55. The molecule has 0 spiro atoms. The van der Waals surface area contributed by atoms with Crippen molar-refractivity contribution < 1.29 is 4.79 Å². The maximum atomic E-state index is 11.2. The summed E-state index contributed by atoms with van der Waals surface area (Å²) >= 11 is 0. The highest BCUT2D eigenvalue weighted by Crippen LogP contribution is 2.04. The largest absolute Gasteiger partial charge is 0.337 e. The number of benzene rings is 1. The van der Waals surface area contributed by atoms with Crippen LogP contribution in [0.2, 0.25) is 0 Å². The molecule has 0 bridgehead atoms. The van der Waals surface area contributed by atoms with Crippen LogP contribution in [0.3, 0.4) is 0 Å². The fraction of sp³-hybridized carbons (Fsp3) is 0.500. The number of hydrogen-bond acceptors (Lipinski definition) is 2. The van der Waals surface area contributed by atoms with E-state index in [0.717, 1.165) is 19.5 Å². The van der Waals surface area contributed by atoms with Crippen molar-refractivity contribution in [2.24, 2.45) is 0 Å². The van der Waals surface area contributed by atoms with Crippen LogP contribution in [-0.2, 0) is 13.0 Å². The van der Waals surface area contributed by atoms with E-state index >= 15 is 0 Å². The Balaban J connectivity index is 2.15. The van der Waals surface area contributed by atoms with Gasteiger partial charge in [-0.15, -0.1) is 0 Å². The van der Waals surface area contributed by atoms with Gasteiger partial charge in [-0.1, -0.05) is 31.2 Å². The molecule has 0 aliphatic heterocycles. The molecule has 18 heavy (non-hydrogen) atoms.